The third kappa shape index (κ3) is 1.92. The quantitative estimate of drug-likeness (QED) is 0.578. The van der Waals surface area contributed by atoms with Crippen molar-refractivity contribution in [3.63, 3.8) is 0 Å². The Morgan fingerprint density at radius 3 is 2.81 bits per heavy atom. The second-order valence-corrected chi connectivity index (χ2v) is 4.56. The summed E-state index contributed by atoms with van der Waals surface area (Å²) in [4.78, 5) is 0. The minimum Gasteiger partial charge on any atom is -0.493 e. The van der Waals surface area contributed by atoms with Gasteiger partial charge in [-0.25, -0.2) is 0 Å². The zero-order valence-electron chi connectivity index (χ0n) is 10.1. The van der Waals surface area contributed by atoms with Gasteiger partial charge >= 0.3 is 0 Å². The van der Waals surface area contributed by atoms with Crippen molar-refractivity contribution in [3.05, 3.63) is 11.9 Å². The first-order valence-electron chi connectivity index (χ1n) is 5.71. The smallest absolute Gasteiger partial charge is 0.161 e. The molecule has 1 aliphatic carbocycles. The number of hydrazine groups is 1. The Bertz CT molecular complexity index is 359. The molecule has 90 valence electrons. The Morgan fingerprint density at radius 2 is 2.31 bits per heavy atom. The van der Waals surface area contributed by atoms with Crippen molar-refractivity contribution in [2.75, 3.05) is 7.11 Å². The van der Waals surface area contributed by atoms with Crippen molar-refractivity contribution in [2.45, 2.75) is 25.8 Å². The van der Waals surface area contributed by atoms with Gasteiger partial charge in [-0.05, 0) is 24.7 Å². The van der Waals surface area contributed by atoms with Crippen LogP contribution in [0.25, 0.3) is 0 Å². The van der Waals surface area contributed by atoms with E-state index in [1.54, 1.807) is 13.3 Å². The van der Waals surface area contributed by atoms with Crippen LogP contribution in [0.4, 0.5) is 0 Å². The maximum Gasteiger partial charge on any atom is 0.161 e. The Labute approximate surface area is 95.9 Å². The fourth-order valence-corrected chi connectivity index (χ4v) is 2.31. The Balaban J connectivity index is 2.27. The van der Waals surface area contributed by atoms with Crippen LogP contribution in [0.3, 0.4) is 0 Å². The molecule has 2 rings (SSSR count). The van der Waals surface area contributed by atoms with Gasteiger partial charge in [0, 0.05) is 7.05 Å². The largest absolute Gasteiger partial charge is 0.493 e. The van der Waals surface area contributed by atoms with Gasteiger partial charge in [0.1, 0.15) is 0 Å². The number of nitrogens with two attached hydrogens (primary N) is 1. The lowest BCUT2D eigenvalue weighted by atomic mass is 9.94. The molecule has 1 heterocycles. The number of hydrogen-bond donors (Lipinski definition) is 2. The highest BCUT2D eigenvalue weighted by molar-refractivity contribution is 5.28. The van der Waals surface area contributed by atoms with E-state index in [-0.39, 0.29) is 6.04 Å². The normalized spacial score (nSPS) is 19.5. The van der Waals surface area contributed by atoms with Crippen LogP contribution in [0.2, 0.25) is 0 Å². The number of rotatable bonds is 5. The van der Waals surface area contributed by atoms with Crippen molar-refractivity contribution in [2.24, 2.45) is 24.7 Å². The molecule has 1 saturated carbocycles. The van der Waals surface area contributed by atoms with Gasteiger partial charge < -0.3 is 4.74 Å². The third-order valence-electron chi connectivity index (χ3n) is 3.53. The topological polar surface area (TPSA) is 65.1 Å². The Morgan fingerprint density at radius 1 is 1.62 bits per heavy atom. The second-order valence-electron chi connectivity index (χ2n) is 4.56. The fraction of sp³-hybridized carbons (Fsp3) is 0.727. The van der Waals surface area contributed by atoms with E-state index >= 15 is 0 Å². The maximum absolute atomic E-state index is 5.68. The van der Waals surface area contributed by atoms with Gasteiger partial charge in [0.05, 0.1) is 25.0 Å². The van der Waals surface area contributed by atoms with Crippen LogP contribution in [0.1, 0.15) is 31.5 Å². The zero-order chi connectivity index (χ0) is 11.7. The molecule has 3 N–H and O–H groups in total. The average molecular weight is 224 g/mol. The molecule has 5 heteroatoms. The molecule has 1 aliphatic rings. The van der Waals surface area contributed by atoms with Crippen LogP contribution in [0.15, 0.2) is 6.20 Å². The molecule has 16 heavy (non-hydrogen) atoms. The van der Waals surface area contributed by atoms with Gasteiger partial charge in [0.2, 0.25) is 0 Å². The number of aryl methyl sites for hydroxylation is 1. The fourth-order valence-electron chi connectivity index (χ4n) is 2.31. The van der Waals surface area contributed by atoms with Gasteiger partial charge in [-0.1, -0.05) is 6.92 Å². The van der Waals surface area contributed by atoms with Crippen molar-refractivity contribution >= 4 is 0 Å². The summed E-state index contributed by atoms with van der Waals surface area (Å²) in [6, 6.07) is 0.106. The van der Waals surface area contributed by atoms with E-state index in [9.17, 15) is 0 Å². The highest BCUT2D eigenvalue weighted by Gasteiger charge is 2.36. The van der Waals surface area contributed by atoms with Gasteiger partial charge in [-0.2, -0.15) is 5.10 Å². The van der Waals surface area contributed by atoms with Crippen LogP contribution >= 0.6 is 0 Å². The van der Waals surface area contributed by atoms with Crippen LogP contribution in [0, 0.1) is 11.8 Å². The molecule has 1 aromatic heterocycles. The molecule has 2 unspecified atom stereocenters. The first-order valence-corrected chi connectivity index (χ1v) is 5.71. The number of methoxy groups -OCH3 is 1. The predicted molar refractivity (Wildman–Crippen MR) is 61.7 cm³/mol. The van der Waals surface area contributed by atoms with E-state index in [0.717, 1.165) is 17.4 Å². The summed E-state index contributed by atoms with van der Waals surface area (Å²) in [7, 11) is 3.58. The van der Waals surface area contributed by atoms with Crippen molar-refractivity contribution in [1.82, 2.24) is 15.2 Å². The number of aromatic nitrogens is 2. The second kappa shape index (κ2) is 4.43. The van der Waals surface area contributed by atoms with Crippen molar-refractivity contribution in [3.8, 4) is 5.75 Å². The molecule has 0 radical (unpaired) electrons. The molecule has 0 aliphatic heterocycles. The lowest BCUT2D eigenvalue weighted by molar-refractivity contribution is 0.321. The van der Waals surface area contributed by atoms with Crippen molar-refractivity contribution in [1.29, 1.82) is 0 Å². The molecule has 1 fully saturated rings. The molecule has 0 aromatic carbocycles. The summed E-state index contributed by atoms with van der Waals surface area (Å²) in [5.41, 5.74) is 3.93. The van der Waals surface area contributed by atoms with Gasteiger partial charge in [0.25, 0.3) is 0 Å². The van der Waals surface area contributed by atoms with Crippen LogP contribution in [-0.2, 0) is 7.05 Å². The van der Waals surface area contributed by atoms with E-state index in [0.29, 0.717) is 5.92 Å². The first-order chi connectivity index (χ1) is 7.69. The van der Waals surface area contributed by atoms with Crippen LogP contribution in [0.5, 0.6) is 5.75 Å². The number of hydrogen-bond acceptors (Lipinski definition) is 4. The van der Waals surface area contributed by atoms with E-state index in [2.05, 4.69) is 17.4 Å². The molecule has 0 saturated heterocycles. The van der Waals surface area contributed by atoms with E-state index in [1.807, 2.05) is 11.7 Å². The minimum atomic E-state index is 0.106. The SMILES string of the molecule is COc1cnn(C)c1C(NN)C(C)C1CC1. The third-order valence-corrected chi connectivity index (χ3v) is 3.53. The zero-order valence-corrected chi connectivity index (χ0v) is 10.1. The number of ether oxygens (including phenoxy) is 1. The monoisotopic (exact) mass is 224 g/mol. The predicted octanol–water partition coefficient (Wildman–Crippen LogP) is 0.979. The Hall–Kier alpha value is -1.07. The van der Waals surface area contributed by atoms with E-state index in [4.69, 9.17) is 10.6 Å². The summed E-state index contributed by atoms with van der Waals surface area (Å²) in [6.07, 6.45) is 4.35. The summed E-state index contributed by atoms with van der Waals surface area (Å²) in [5, 5.41) is 4.21. The summed E-state index contributed by atoms with van der Waals surface area (Å²) < 4.78 is 7.16. The summed E-state index contributed by atoms with van der Waals surface area (Å²) in [6.45, 7) is 2.23. The average Bonchev–Trinajstić information content (AvgIpc) is 3.06. The standard InChI is InChI=1S/C11H20N4O/c1-7(8-4-5-8)10(14-12)11-9(16-3)6-13-15(11)2/h6-8,10,14H,4-5,12H2,1-3H3. The Kier molecular flexibility index (Phi) is 3.16. The van der Waals surface area contributed by atoms with E-state index < -0.39 is 0 Å². The summed E-state index contributed by atoms with van der Waals surface area (Å²) >= 11 is 0. The molecule has 1 aromatic rings. The lowest BCUT2D eigenvalue weighted by Gasteiger charge is -2.24. The minimum absolute atomic E-state index is 0.106. The number of nitrogens with one attached hydrogen (secondary N) is 1. The van der Waals surface area contributed by atoms with Gasteiger partial charge in [-0.15, -0.1) is 0 Å². The highest BCUT2D eigenvalue weighted by Crippen LogP contribution is 2.43. The lowest BCUT2D eigenvalue weighted by Crippen LogP contribution is -2.35. The van der Waals surface area contributed by atoms with Crippen LogP contribution < -0.4 is 16.0 Å². The molecular weight excluding hydrogens is 204 g/mol. The van der Waals surface area contributed by atoms with Crippen molar-refractivity contribution < 1.29 is 4.74 Å². The van der Waals surface area contributed by atoms with E-state index in [1.165, 1.54) is 12.8 Å². The molecule has 0 bridgehead atoms. The highest BCUT2D eigenvalue weighted by atomic mass is 16.5. The molecule has 0 amide bonds. The number of nitrogens with zero attached hydrogens (tertiary/aromatic N) is 2. The molecule has 5 nitrogen and oxygen atoms in total. The maximum atomic E-state index is 5.68. The summed E-state index contributed by atoms with van der Waals surface area (Å²) in [5.74, 6) is 7.77. The first kappa shape index (κ1) is 11.4. The molecular formula is C11H20N4O. The molecule has 0 spiro atoms. The van der Waals surface area contributed by atoms with Gasteiger partial charge in [-0.3, -0.25) is 16.0 Å². The van der Waals surface area contributed by atoms with Gasteiger partial charge in [0.15, 0.2) is 5.75 Å². The molecule has 2 atom stereocenters. The van der Waals surface area contributed by atoms with Crippen LogP contribution in [-0.4, -0.2) is 16.9 Å².